The van der Waals surface area contributed by atoms with Gasteiger partial charge in [-0.1, -0.05) is 30.3 Å². The first-order chi connectivity index (χ1) is 14.7. The lowest BCUT2D eigenvalue weighted by Crippen LogP contribution is -2.40. The van der Waals surface area contributed by atoms with Crippen molar-refractivity contribution in [2.45, 2.75) is 32.4 Å². The summed E-state index contributed by atoms with van der Waals surface area (Å²) in [5.41, 5.74) is 1.92. The number of benzene rings is 1. The summed E-state index contributed by atoms with van der Waals surface area (Å²) in [6.45, 7) is 6.47. The summed E-state index contributed by atoms with van der Waals surface area (Å²) in [7, 11) is 3.22. The van der Waals surface area contributed by atoms with Crippen molar-refractivity contribution in [3.63, 3.8) is 0 Å². The lowest BCUT2D eigenvalue weighted by molar-refractivity contribution is -0.0166. The second-order valence-electron chi connectivity index (χ2n) is 8.82. The van der Waals surface area contributed by atoms with E-state index in [1.165, 1.54) is 11.6 Å². The Morgan fingerprint density at radius 2 is 1.71 bits per heavy atom. The van der Waals surface area contributed by atoms with Crippen molar-refractivity contribution in [2.24, 2.45) is 14.1 Å². The summed E-state index contributed by atoms with van der Waals surface area (Å²) in [6, 6.07) is 13.6. The van der Waals surface area contributed by atoms with E-state index in [1.54, 1.807) is 11.6 Å². The van der Waals surface area contributed by atoms with Crippen molar-refractivity contribution in [1.82, 2.24) is 13.7 Å². The molecule has 1 aliphatic rings. The molecule has 1 unspecified atom stereocenters. The zero-order valence-electron chi connectivity index (χ0n) is 18.3. The highest BCUT2D eigenvalue weighted by atomic mass is 16.5. The molecule has 0 spiro atoms. The van der Waals surface area contributed by atoms with Gasteiger partial charge in [-0.05, 0) is 38.5 Å². The fraction of sp³-hybridized carbons (Fsp3) is 0.333. The van der Waals surface area contributed by atoms with Gasteiger partial charge < -0.3 is 13.7 Å². The van der Waals surface area contributed by atoms with Crippen LogP contribution >= 0.6 is 0 Å². The predicted octanol–water partition coefficient (Wildman–Crippen LogP) is 3.46. The van der Waals surface area contributed by atoms with E-state index in [-0.39, 0.29) is 11.2 Å². The van der Waals surface area contributed by atoms with Crippen LogP contribution in [0.25, 0.3) is 22.2 Å². The molecule has 1 atom stereocenters. The maximum absolute atomic E-state index is 13.4. The van der Waals surface area contributed by atoms with Gasteiger partial charge in [0.05, 0.1) is 34.4 Å². The standard InChI is InChI=1S/C24H25N3O4/c1-14-11-12-16(31-14)21-20-19-17(22(28)26(5)23(29)25(19)4)18(15-9-7-6-8-10-15)27(20)24(2,3)13-30-21/h6-12,21H,13H2,1-5H3. The van der Waals surface area contributed by atoms with Gasteiger partial charge in [0.2, 0.25) is 0 Å². The number of nitrogens with zero attached hydrogens (tertiary/aromatic N) is 3. The molecule has 4 aromatic rings. The number of furan rings is 1. The second-order valence-corrected chi connectivity index (χ2v) is 8.82. The fourth-order valence-electron chi connectivity index (χ4n) is 4.68. The van der Waals surface area contributed by atoms with E-state index in [2.05, 4.69) is 18.4 Å². The zero-order chi connectivity index (χ0) is 22.1. The molecule has 0 radical (unpaired) electrons. The SMILES string of the molecule is Cc1ccc(C2OCC(C)(C)n3c(-c4ccccc4)c4c(=O)n(C)c(=O)n(C)c4c32)o1. The molecule has 31 heavy (non-hydrogen) atoms. The number of fused-ring (bicyclic) bond motifs is 3. The molecule has 160 valence electrons. The molecule has 7 nitrogen and oxygen atoms in total. The van der Waals surface area contributed by atoms with Gasteiger partial charge in [0.15, 0.2) is 6.10 Å². The van der Waals surface area contributed by atoms with Crippen LogP contribution < -0.4 is 11.2 Å². The lowest BCUT2D eigenvalue weighted by Gasteiger charge is -2.38. The summed E-state index contributed by atoms with van der Waals surface area (Å²) >= 11 is 0. The van der Waals surface area contributed by atoms with Crippen LogP contribution in [0, 0.1) is 6.92 Å². The molecule has 1 aliphatic heterocycles. The van der Waals surface area contributed by atoms with Gasteiger partial charge in [0, 0.05) is 14.1 Å². The summed E-state index contributed by atoms with van der Waals surface area (Å²) in [4.78, 5) is 26.3. The summed E-state index contributed by atoms with van der Waals surface area (Å²) in [6.07, 6.45) is -0.528. The molecular formula is C24H25N3O4. The highest BCUT2D eigenvalue weighted by molar-refractivity contribution is 5.96. The molecule has 0 amide bonds. The molecule has 0 saturated carbocycles. The van der Waals surface area contributed by atoms with Crippen molar-refractivity contribution in [2.75, 3.05) is 6.61 Å². The van der Waals surface area contributed by atoms with Crippen molar-refractivity contribution < 1.29 is 9.15 Å². The molecule has 1 aromatic carbocycles. The van der Waals surface area contributed by atoms with Gasteiger partial charge >= 0.3 is 5.69 Å². The lowest BCUT2D eigenvalue weighted by atomic mass is 10.0. The van der Waals surface area contributed by atoms with E-state index in [4.69, 9.17) is 9.15 Å². The van der Waals surface area contributed by atoms with Gasteiger partial charge in [-0.15, -0.1) is 0 Å². The van der Waals surface area contributed by atoms with Gasteiger partial charge in [-0.25, -0.2) is 4.79 Å². The van der Waals surface area contributed by atoms with Crippen LogP contribution in [-0.4, -0.2) is 20.3 Å². The minimum Gasteiger partial charge on any atom is -0.463 e. The topological polar surface area (TPSA) is 71.3 Å². The first-order valence-corrected chi connectivity index (χ1v) is 10.3. The summed E-state index contributed by atoms with van der Waals surface area (Å²) < 4.78 is 17.1. The van der Waals surface area contributed by atoms with Gasteiger partial charge in [-0.3, -0.25) is 13.9 Å². The first-order valence-electron chi connectivity index (χ1n) is 10.3. The van der Waals surface area contributed by atoms with E-state index in [9.17, 15) is 9.59 Å². The van der Waals surface area contributed by atoms with Crippen LogP contribution in [0.3, 0.4) is 0 Å². The van der Waals surface area contributed by atoms with Crippen molar-refractivity contribution in [3.05, 3.63) is 80.5 Å². The molecule has 5 rings (SSSR count). The van der Waals surface area contributed by atoms with E-state index < -0.39 is 11.6 Å². The number of aromatic nitrogens is 3. The average Bonchev–Trinajstić information content (AvgIpc) is 3.34. The quantitative estimate of drug-likeness (QED) is 0.499. The molecule has 7 heteroatoms. The molecule has 4 heterocycles. The minimum atomic E-state index is -0.528. The van der Waals surface area contributed by atoms with Gasteiger partial charge in [0.1, 0.15) is 11.5 Å². The molecule has 0 N–H and O–H groups in total. The Morgan fingerprint density at radius 1 is 1.00 bits per heavy atom. The smallest absolute Gasteiger partial charge is 0.331 e. The van der Waals surface area contributed by atoms with E-state index >= 15 is 0 Å². The number of hydrogen-bond acceptors (Lipinski definition) is 4. The molecule has 3 aromatic heterocycles. The highest BCUT2D eigenvalue weighted by Gasteiger charge is 2.41. The Labute approximate surface area is 179 Å². The molecule has 0 aliphatic carbocycles. The maximum Gasteiger partial charge on any atom is 0.331 e. The van der Waals surface area contributed by atoms with Gasteiger partial charge in [-0.2, -0.15) is 0 Å². The molecule has 0 bridgehead atoms. The van der Waals surface area contributed by atoms with Crippen molar-refractivity contribution >= 4 is 10.9 Å². The monoisotopic (exact) mass is 419 g/mol. The molecule has 0 fully saturated rings. The Hall–Kier alpha value is -3.32. The van der Waals surface area contributed by atoms with Crippen LogP contribution in [0.4, 0.5) is 0 Å². The van der Waals surface area contributed by atoms with Crippen molar-refractivity contribution in [1.29, 1.82) is 0 Å². The normalized spacial score (nSPS) is 17.8. The molecular weight excluding hydrogens is 394 g/mol. The second kappa shape index (κ2) is 6.59. The Balaban J connectivity index is 2.03. The zero-order valence-corrected chi connectivity index (χ0v) is 18.3. The third kappa shape index (κ3) is 2.69. The fourth-order valence-corrected chi connectivity index (χ4v) is 4.68. The maximum atomic E-state index is 13.4. The largest absolute Gasteiger partial charge is 0.463 e. The number of hydrogen-bond donors (Lipinski definition) is 0. The van der Waals surface area contributed by atoms with Crippen LogP contribution in [-0.2, 0) is 24.4 Å². The van der Waals surface area contributed by atoms with Crippen molar-refractivity contribution in [3.8, 4) is 11.3 Å². The van der Waals surface area contributed by atoms with Crippen LogP contribution in [0.2, 0.25) is 0 Å². The number of rotatable bonds is 2. The van der Waals surface area contributed by atoms with Crippen LogP contribution in [0.1, 0.15) is 37.2 Å². The number of ether oxygens (including phenoxy) is 1. The van der Waals surface area contributed by atoms with Gasteiger partial charge in [0.25, 0.3) is 5.56 Å². The van der Waals surface area contributed by atoms with E-state index in [0.717, 1.165) is 22.7 Å². The number of aryl methyl sites for hydroxylation is 2. The Bertz CT molecular complexity index is 1430. The average molecular weight is 419 g/mol. The third-order valence-corrected chi connectivity index (χ3v) is 6.13. The third-order valence-electron chi connectivity index (χ3n) is 6.13. The Morgan fingerprint density at radius 3 is 2.35 bits per heavy atom. The van der Waals surface area contributed by atoms with Crippen LogP contribution in [0.5, 0.6) is 0 Å². The summed E-state index contributed by atoms with van der Waals surface area (Å²) in [5.74, 6) is 1.43. The predicted molar refractivity (Wildman–Crippen MR) is 118 cm³/mol. The first kappa shape index (κ1) is 19.6. The molecule has 0 saturated heterocycles. The summed E-state index contributed by atoms with van der Waals surface area (Å²) in [5, 5.41) is 0.512. The highest BCUT2D eigenvalue weighted by Crippen LogP contribution is 2.45. The van der Waals surface area contributed by atoms with E-state index in [0.29, 0.717) is 23.3 Å². The van der Waals surface area contributed by atoms with E-state index in [1.807, 2.05) is 49.4 Å². The van der Waals surface area contributed by atoms with Crippen LogP contribution in [0.15, 0.2) is 56.5 Å². The Kier molecular flexibility index (Phi) is 4.17. The minimum absolute atomic E-state index is 0.316.